The quantitative estimate of drug-likeness (QED) is 0.862. The van der Waals surface area contributed by atoms with Gasteiger partial charge in [0.25, 0.3) is 0 Å². The normalized spacial score (nSPS) is 13.2. The Morgan fingerprint density at radius 1 is 1.09 bits per heavy atom. The first-order chi connectivity index (χ1) is 10.5. The Hall–Kier alpha value is -2.37. The molecular weight excluding hydrogens is 282 g/mol. The molecule has 0 bridgehead atoms. The van der Waals surface area contributed by atoms with Crippen LogP contribution in [0, 0.1) is 0 Å². The van der Waals surface area contributed by atoms with Crippen molar-refractivity contribution >= 4 is 11.8 Å². The lowest BCUT2D eigenvalue weighted by molar-refractivity contribution is -0.0436. The van der Waals surface area contributed by atoms with Crippen LogP contribution in [0.25, 0.3) is 0 Å². The average molecular weight is 301 g/mol. The fourth-order valence-corrected chi connectivity index (χ4v) is 1.95. The first kappa shape index (κ1) is 16.0. The van der Waals surface area contributed by atoms with Crippen LogP contribution < -0.4 is 5.06 Å². The zero-order valence-electron chi connectivity index (χ0n) is 12.6. The highest BCUT2D eigenvalue weighted by Gasteiger charge is 2.27. The number of hydrogen-bond acceptors (Lipinski definition) is 4. The first-order valence-corrected chi connectivity index (χ1v) is 6.88. The molecule has 0 fully saturated rings. The van der Waals surface area contributed by atoms with Gasteiger partial charge in [0.2, 0.25) is 0 Å². The second-order valence-electron chi connectivity index (χ2n) is 5.01. The highest BCUT2D eigenvalue weighted by molar-refractivity contribution is 5.85. The van der Waals surface area contributed by atoms with Crippen molar-refractivity contribution in [1.29, 1.82) is 0 Å². The third-order valence-electron chi connectivity index (χ3n) is 3.20. The van der Waals surface area contributed by atoms with Crippen LogP contribution in [-0.2, 0) is 15.2 Å². The molecule has 0 saturated carbocycles. The van der Waals surface area contributed by atoms with Gasteiger partial charge in [-0.2, -0.15) is 5.06 Å². The number of aliphatic hydroxyl groups is 1. The second kappa shape index (κ2) is 7.06. The summed E-state index contributed by atoms with van der Waals surface area (Å²) in [5.41, 5.74) is -0.00596. The number of nitrogens with zero attached hydrogens (tertiary/aromatic N) is 1. The van der Waals surface area contributed by atoms with Crippen LogP contribution in [0.3, 0.4) is 0 Å². The molecule has 22 heavy (non-hydrogen) atoms. The van der Waals surface area contributed by atoms with Gasteiger partial charge in [-0.25, -0.2) is 4.79 Å². The van der Waals surface area contributed by atoms with E-state index in [0.29, 0.717) is 11.3 Å². The van der Waals surface area contributed by atoms with E-state index in [-0.39, 0.29) is 6.61 Å². The van der Waals surface area contributed by atoms with Crippen LogP contribution >= 0.6 is 0 Å². The molecule has 1 unspecified atom stereocenters. The van der Waals surface area contributed by atoms with Crippen molar-refractivity contribution in [3.05, 3.63) is 66.2 Å². The molecule has 0 radical (unpaired) electrons. The molecule has 0 aromatic heterocycles. The standard InChI is InChI=1S/C17H19NO4/c1-17(20,14-9-5-3-6-10-14)13-22-18(16(19)21-2)15-11-7-4-8-12-15/h3-12,20H,13H2,1-2H3. The maximum absolute atomic E-state index is 11.9. The molecule has 2 aromatic carbocycles. The van der Waals surface area contributed by atoms with Crippen molar-refractivity contribution in [3.8, 4) is 0 Å². The number of carbonyl (C=O) groups excluding carboxylic acids is 1. The molecule has 116 valence electrons. The summed E-state index contributed by atoms with van der Waals surface area (Å²) < 4.78 is 4.72. The van der Waals surface area contributed by atoms with Gasteiger partial charge in [-0.05, 0) is 24.6 Å². The van der Waals surface area contributed by atoms with Gasteiger partial charge in [-0.3, -0.25) is 4.84 Å². The Balaban J connectivity index is 2.13. The summed E-state index contributed by atoms with van der Waals surface area (Å²) in [5.74, 6) is 0. The highest BCUT2D eigenvalue weighted by atomic mass is 16.7. The number of carbonyl (C=O) groups is 1. The molecule has 1 amide bonds. The Kier molecular flexibility index (Phi) is 5.14. The van der Waals surface area contributed by atoms with Crippen molar-refractivity contribution in [1.82, 2.24) is 0 Å². The van der Waals surface area contributed by atoms with Crippen molar-refractivity contribution in [2.45, 2.75) is 12.5 Å². The maximum Gasteiger partial charge on any atom is 0.438 e. The zero-order chi connectivity index (χ0) is 16.0. The molecule has 0 aliphatic heterocycles. The van der Waals surface area contributed by atoms with E-state index in [9.17, 15) is 9.90 Å². The molecule has 5 nitrogen and oxygen atoms in total. The molecule has 0 aliphatic carbocycles. The minimum atomic E-state index is -1.23. The molecule has 0 aliphatic rings. The van der Waals surface area contributed by atoms with Crippen LogP contribution in [0.2, 0.25) is 0 Å². The van der Waals surface area contributed by atoms with Gasteiger partial charge < -0.3 is 9.84 Å². The van der Waals surface area contributed by atoms with E-state index >= 15 is 0 Å². The van der Waals surface area contributed by atoms with Crippen LogP contribution in [0.15, 0.2) is 60.7 Å². The Bertz CT molecular complexity index is 599. The smallest absolute Gasteiger partial charge is 0.438 e. The molecule has 0 spiro atoms. The summed E-state index contributed by atoms with van der Waals surface area (Å²) >= 11 is 0. The average Bonchev–Trinajstić information content (AvgIpc) is 2.56. The Labute approximate surface area is 129 Å². The zero-order valence-corrected chi connectivity index (χ0v) is 12.6. The summed E-state index contributed by atoms with van der Waals surface area (Å²) in [4.78, 5) is 17.4. The highest BCUT2D eigenvalue weighted by Crippen LogP contribution is 2.23. The second-order valence-corrected chi connectivity index (χ2v) is 5.01. The Morgan fingerprint density at radius 2 is 1.64 bits per heavy atom. The van der Waals surface area contributed by atoms with Crippen molar-refractivity contribution < 1.29 is 19.5 Å². The monoisotopic (exact) mass is 301 g/mol. The van der Waals surface area contributed by atoms with Crippen molar-refractivity contribution in [2.75, 3.05) is 18.8 Å². The van der Waals surface area contributed by atoms with E-state index in [1.165, 1.54) is 7.11 Å². The van der Waals surface area contributed by atoms with E-state index in [0.717, 1.165) is 5.06 Å². The van der Waals surface area contributed by atoms with E-state index in [1.54, 1.807) is 43.3 Å². The van der Waals surface area contributed by atoms with E-state index in [2.05, 4.69) is 0 Å². The van der Waals surface area contributed by atoms with E-state index in [4.69, 9.17) is 9.57 Å². The first-order valence-electron chi connectivity index (χ1n) is 6.88. The topological polar surface area (TPSA) is 59.0 Å². The fraction of sp³-hybridized carbons (Fsp3) is 0.235. The predicted octanol–water partition coefficient (Wildman–Crippen LogP) is 3.10. The number of amides is 1. The van der Waals surface area contributed by atoms with Crippen LogP contribution in [0.4, 0.5) is 10.5 Å². The number of hydroxylamine groups is 1. The van der Waals surface area contributed by atoms with Gasteiger partial charge in [0.05, 0.1) is 12.8 Å². The minimum absolute atomic E-state index is 0.0962. The molecular formula is C17H19NO4. The number of para-hydroxylation sites is 1. The molecule has 2 rings (SSSR count). The number of benzene rings is 2. The number of ether oxygens (including phenoxy) is 1. The maximum atomic E-state index is 11.9. The van der Waals surface area contributed by atoms with Gasteiger partial charge in [0, 0.05) is 0 Å². The van der Waals surface area contributed by atoms with Crippen molar-refractivity contribution in [2.24, 2.45) is 0 Å². The summed E-state index contributed by atoms with van der Waals surface area (Å²) in [7, 11) is 1.27. The van der Waals surface area contributed by atoms with E-state index in [1.807, 2.05) is 24.3 Å². The lowest BCUT2D eigenvalue weighted by Crippen LogP contribution is -2.37. The predicted molar refractivity (Wildman–Crippen MR) is 83.3 cm³/mol. The lowest BCUT2D eigenvalue weighted by atomic mass is 9.97. The lowest BCUT2D eigenvalue weighted by Gasteiger charge is -2.27. The molecule has 5 heteroatoms. The third-order valence-corrected chi connectivity index (χ3v) is 3.20. The SMILES string of the molecule is COC(=O)N(OCC(C)(O)c1ccccc1)c1ccccc1. The third kappa shape index (κ3) is 3.84. The van der Waals surface area contributed by atoms with Crippen molar-refractivity contribution in [3.63, 3.8) is 0 Å². The van der Waals surface area contributed by atoms with Gasteiger partial charge in [-0.1, -0.05) is 48.5 Å². The van der Waals surface area contributed by atoms with Gasteiger partial charge in [0.15, 0.2) is 0 Å². The van der Waals surface area contributed by atoms with Gasteiger partial charge in [0.1, 0.15) is 12.2 Å². The van der Waals surface area contributed by atoms with Crippen LogP contribution in [0.1, 0.15) is 12.5 Å². The van der Waals surface area contributed by atoms with E-state index < -0.39 is 11.7 Å². The minimum Gasteiger partial charge on any atom is -0.451 e. The number of methoxy groups -OCH3 is 1. The van der Waals surface area contributed by atoms with Crippen LogP contribution in [0.5, 0.6) is 0 Å². The summed E-state index contributed by atoms with van der Waals surface area (Å²) in [5, 5.41) is 11.6. The molecule has 0 heterocycles. The molecule has 1 atom stereocenters. The molecule has 1 N–H and O–H groups in total. The summed E-state index contributed by atoms with van der Waals surface area (Å²) in [6.45, 7) is 1.53. The Morgan fingerprint density at radius 3 is 2.18 bits per heavy atom. The van der Waals surface area contributed by atoms with Gasteiger partial charge in [-0.15, -0.1) is 0 Å². The summed E-state index contributed by atoms with van der Waals surface area (Å²) in [6.07, 6.45) is -0.657. The van der Waals surface area contributed by atoms with Gasteiger partial charge >= 0.3 is 6.09 Å². The molecule has 2 aromatic rings. The van der Waals surface area contributed by atoms with Crippen LogP contribution in [-0.4, -0.2) is 24.9 Å². The number of rotatable bonds is 5. The summed E-state index contributed by atoms with van der Waals surface area (Å²) in [6, 6.07) is 18.0. The fourth-order valence-electron chi connectivity index (χ4n) is 1.95. The largest absolute Gasteiger partial charge is 0.451 e. The molecule has 0 saturated heterocycles. The number of anilines is 1. The number of hydrogen-bond donors (Lipinski definition) is 1.